The second kappa shape index (κ2) is 8.62. The molecule has 34 heavy (non-hydrogen) atoms. The third-order valence-corrected chi connectivity index (χ3v) is 6.13. The molecule has 0 saturated carbocycles. The van der Waals surface area contributed by atoms with Crippen molar-refractivity contribution in [3.63, 3.8) is 0 Å². The molecule has 0 radical (unpaired) electrons. The minimum Gasteiger partial charge on any atom is -0.507 e. The van der Waals surface area contributed by atoms with E-state index in [1.54, 1.807) is 42.7 Å². The Balaban J connectivity index is 1.64. The number of Topliss-reactive ketones (excluding diaryl/α,β-unsaturated/α-hetero) is 1. The Morgan fingerprint density at radius 2 is 1.97 bits per heavy atom. The Labute approximate surface area is 195 Å². The molecule has 5 rings (SSSR count). The number of rotatable bonds is 4. The molecule has 1 N–H and O–H groups in total. The molecule has 3 heterocycles. The van der Waals surface area contributed by atoms with Crippen molar-refractivity contribution in [3.05, 3.63) is 95.1 Å². The van der Waals surface area contributed by atoms with E-state index in [0.717, 1.165) is 11.3 Å². The van der Waals surface area contributed by atoms with Crippen LogP contribution in [0.1, 0.15) is 22.7 Å². The van der Waals surface area contributed by atoms with Gasteiger partial charge in [-0.05, 0) is 47.5 Å². The number of likely N-dealkylation sites (N-methyl/N-ethyl adjacent to an activating group) is 1. The lowest BCUT2D eigenvalue weighted by Crippen LogP contribution is -2.29. The van der Waals surface area contributed by atoms with Crippen molar-refractivity contribution in [1.82, 2.24) is 9.88 Å². The number of ketones is 1. The number of carbonyl (C=O) groups is 2. The average Bonchev–Trinajstić information content (AvgIpc) is 3.10. The number of aromatic nitrogens is 1. The molecule has 2 aromatic carbocycles. The molecule has 0 spiro atoms. The molecular weight excluding hydrogens is 437 g/mol. The molecule has 1 aromatic heterocycles. The highest BCUT2D eigenvalue weighted by atomic mass is 19.1. The molecule has 2 aliphatic rings. The SMILES string of the molecule is CN1CCOc2ccc(/C(O)=C3/C(=O)C(=O)N(Cc4cccnc4)C3c3ccc(F)cc3)cc21. The quantitative estimate of drug-likeness (QED) is 0.364. The second-order valence-electron chi connectivity index (χ2n) is 8.29. The summed E-state index contributed by atoms with van der Waals surface area (Å²) in [5.41, 5.74) is 2.37. The van der Waals surface area contributed by atoms with E-state index in [0.29, 0.717) is 30.0 Å². The zero-order valence-corrected chi connectivity index (χ0v) is 18.4. The molecule has 8 heteroatoms. The number of benzene rings is 2. The number of carbonyl (C=O) groups excluding carboxylic acids is 2. The number of amides is 1. The number of fused-ring (bicyclic) bond motifs is 1. The van der Waals surface area contributed by atoms with Gasteiger partial charge in [-0.1, -0.05) is 18.2 Å². The zero-order chi connectivity index (χ0) is 23.8. The first-order chi connectivity index (χ1) is 16.4. The Kier molecular flexibility index (Phi) is 5.49. The first kappa shape index (κ1) is 21.6. The van der Waals surface area contributed by atoms with Gasteiger partial charge in [-0.3, -0.25) is 14.6 Å². The van der Waals surface area contributed by atoms with Gasteiger partial charge in [-0.2, -0.15) is 0 Å². The molecule has 1 atom stereocenters. The second-order valence-corrected chi connectivity index (χ2v) is 8.29. The number of likely N-dealkylation sites (tertiary alicyclic amines) is 1. The molecule has 2 aliphatic heterocycles. The predicted molar refractivity (Wildman–Crippen MR) is 124 cm³/mol. The zero-order valence-electron chi connectivity index (χ0n) is 18.4. The number of pyridine rings is 1. The molecule has 7 nitrogen and oxygen atoms in total. The topological polar surface area (TPSA) is 83.0 Å². The maximum Gasteiger partial charge on any atom is 0.295 e. The smallest absolute Gasteiger partial charge is 0.295 e. The average molecular weight is 459 g/mol. The largest absolute Gasteiger partial charge is 0.507 e. The third-order valence-electron chi connectivity index (χ3n) is 6.13. The summed E-state index contributed by atoms with van der Waals surface area (Å²) in [6.07, 6.45) is 3.23. The highest BCUT2D eigenvalue weighted by molar-refractivity contribution is 6.46. The summed E-state index contributed by atoms with van der Waals surface area (Å²) in [6.45, 7) is 1.35. The Bertz CT molecular complexity index is 1290. The van der Waals surface area contributed by atoms with Gasteiger partial charge in [0.1, 0.15) is 23.9 Å². The van der Waals surface area contributed by atoms with Gasteiger partial charge in [-0.25, -0.2) is 4.39 Å². The van der Waals surface area contributed by atoms with E-state index in [9.17, 15) is 19.1 Å². The van der Waals surface area contributed by atoms with Crippen molar-refractivity contribution >= 4 is 23.1 Å². The first-order valence-corrected chi connectivity index (χ1v) is 10.8. The summed E-state index contributed by atoms with van der Waals surface area (Å²) in [6, 6.07) is 13.4. The van der Waals surface area contributed by atoms with Crippen LogP contribution >= 0.6 is 0 Å². The number of nitrogens with zero attached hydrogens (tertiary/aromatic N) is 3. The van der Waals surface area contributed by atoms with Crippen LogP contribution in [0.3, 0.4) is 0 Å². The lowest BCUT2D eigenvalue weighted by Gasteiger charge is -2.28. The molecule has 1 saturated heterocycles. The van der Waals surface area contributed by atoms with Crippen LogP contribution in [-0.2, 0) is 16.1 Å². The van der Waals surface area contributed by atoms with Crippen LogP contribution in [0.15, 0.2) is 72.6 Å². The van der Waals surface area contributed by atoms with Gasteiger partial charge in [0.2, 0.25) is 0 Å². The summed E-state index contributed by atoms with van der Waals surface area (Å²) in [4.78, 5) is 33.7. The van der Waals surface area contributed by atoms with Crippen molar-refractivity contribution < 1.29 is 23.8 Å². The molecule has 1 unspecified atom stereocenters. The number of ether oxygens (including phenoxy) is 1. The molecular formula is C26H22FN3O4. The van der Waals surface area contributed by atoms with Gasteiger partial charge in [0.15, 0.2) is 0 Å². The molecule has 0 bridgehead atoms. The normalized spacial score (nSPS) is 19.2. The lowest BCUT2D eigenvalue weighted by molar-refractivity contribution is -0.140. The maximum absolute atomic E-state index is 13.7. The van der Waals surface area contributed by atoms with Crippen LogP contribution in [-0.4, -0.2) is 46.9 Å². The van der Waals surface area contributed by atoms with E-state index >= 15 is 0 Å². The number of halogens is 1. The van der Waals surface area contributed by atoms with Crippen LogP contribution < -0.4 is 9.64 Å². The Morgan fingerprint density at radius 1 is 1.18 bits per heavy atom. The monoisotopic (exact) mass is 459 g/mol. The van der Waals surface area contributed by atoms with Crippen molar-refractivity contribution in [1.29, 1.82) is 0 Å². The van der Waals surface area contributed by atoms with Gasteiger partial charge < -0.3 is 19.6 Å². The predicted octanol–water partition coefficient (Wildman–Crippen LogP) is 3.67. The van der Waals surface area contributed by atoms with E-state index < -0.39 is 23.5 Å². The fraction of sp³-hybridized carbons (Fsp3) is 0.192. The fourth-order valence-electron chi connectivity index (χ4n) is 4.38. The van der Waals surface area contributed by atoms with E-state index in [4.69, 9.17) is 4.74 Å². The summed E-state index contributed by atoms with van der Waals surface area (Å²) >= 11 is 0. The molecule has 0 aliphatic carbocycles. The van der Waals surface area contributed by atoms with Crippen molar-refractivity contribution in [3.8, 4) is 5.75 Å². The summed E-state index contributed by atoms with van der Waals surface area (Å²) < 4.78 is 19.3. The van der Waals surface area contributed by atoms with Crippen molar-refractivity contribution in [2.24, 2.45) is 0 Å². The number of anilines is 1. The van der Waals surface area contributed by atoms with Crippen LogP contribution in [0.4, 0.5) is 10.1 Å². The van der Waals surface area contributed by atoms with E-state index in [1.807, 2.05) is 11.9 Å². The fourth-order valence-corrected chi connectivity index (χ4v) is 4.38. The van der Waals surface area contributed by atoms with Gasteiger partial charge in [0, 0.05) is 31.5 Å². The Hall–Kier alpha value is -4.20. The van der Waals surface area contributed by atoms with Gasteiger partial charge in [0.25, 0.3) is 11.7 Å². The molecule has 1 amide bonds. The van der Waals surface area contributed by atoms with Crippen molar-refractivity contribution in [2.75, 3.05) is 25.1 Å². The number of aliphatic hydroxyl groups excluding tert-OH is 1. The van der Waals surface area contributed by atoms with E-state index in [2.05, 4.69) is 4.98 Å². The number of hydrogen-bond donors (Lipinski definition) is 1. The third kappa shape index (κ3) is 3.77. The standard InChI is InChI=1S/C26H22FN3O4/c1-29-11-12-34-21-9-6-18(13-20(21)29)24(31)22-23(17-4-7-19(27)8-5-17)30(26(33)25(22)32)15-16-3-2-10-28-14-16/h2-10,13-14,23,31H,11-12,15H2,1H3/b24-22-. The van der Waals surface area contributed by atoms with E-state index in [-0.39, 0.29) is 17.9 Å². The maximum atomic E-state index is 13.7. The minimum atomic E-state index is -0.884. The van der Waals surface area contributed by atoms with Crippen LogP contribution in [0.5, 0.6) is 5.75 Å². The highest BCUT2D eigenvalue weighted by Gasteiger charge is 2.46. The number of aliphatic hydroxyl groups is 1. The van der Waals surface area contributed by atoms with Gasteiger partial charge in [0.05, 0.1) is 23.8 Å². The molecule has 3 aromatic rings. The highest BCUT2D eigenvalue weighted by Crippen LogP contribution is 2.41. The van der Waals surface area contributed by atoms with Crippen LogP contribution in [0.2, 0.25) is 0 Å². The van der Waals surface area contributed by atoms with Crippen molar-refractivity contribution in [2.45, 2.75) is 12.6 Å². The number of hydrogen-bond acceptors (Lipinski definition) is 6. The van der Waals surface area contributed by atoms with Crippen LogP contribution in [0, 0.1) is 5.82 Å². The van der Waals surface area contributed by atoms with E-state index in [1.165, 1.54) is 29.2 Å². The lowest BCUT2D eigenvalue weighted by atomic mass is 9.95. The summed E-state index contributed by atoms with van der Waals surface area (Å²) in [5.74, 6) is -1.58. The first-order valence-electron chi connectivity index (χ1n) is 10.8. The van der Waals surface area contributed by atoms with Gasteiger partial charge in [-0.15, -0.1) is 0 Å². The van der Waals surface area contributed by atoms with Gasteiger partial charge >= 0.3 is 0 Å². The Morgan fingerprint density at radius 3 is 2.71 bits per heavy atom. The summed E-state index contributed by atoms with van der Waals surface area (Å²) in [5, 5.41) is 11.3. The minimum absolute atomic E-state index is 0.0418. The molecule has 172 valence electrons. The molecule has 1 fully saturated rings. The van der Waals surface area contributed by atoms with Crippen LogP contribution in [0.25, 0.3) is 5.76 Å². The summed E-state index contributed by atoms with van der Waals surface area (Å²) in [7, 11) is 1.91.